The predicted octanol–water partition coefficient (Wildman–Crippen LogP) is 3.90. The van der Waals surface area contributed by atoms with Crippen molar-refractivity contribution < 1.29 is 4.39 Å². The lowest BCUT2D eigenvalue weighted by molar-refractivity contribution is 0.619. The minimum absolute atomic E-state index is 0.207. The predicted molar refractivity (Wildman–Crippen MR) is 76.1 cm³/mol. The third kappa shape index (κ3) is 3.60. The molecule has 0 saturated heterocycles. The summed E-state index contributed by atoms with van der Waals surface area (Å²) in [6.07, 6.45) is 2.87. The van der Waals surface area contributed by atoms with Crippen molar-refractivity contribution in [2.45, 2.75) is 26.4 Å². The molecule has 0 amide bonds. The number of aryl methyl sites for hydroxylation is 1. The van der Waals surface area contributed by atoms with Crippen molar-refractivity contribution in [2.75, 3.05) is 0 Å². The van der Waals surface area contributed by atoms with Crippen molar-refractivity contribution in [3.05, 3.63) is 50.1 Å². The van der Waals surface area contributed by atoms with Crippen molar-refractivity contribution in [2.24, 2.45) is 0 Å². The van der Waals surface area contributed by atoms with Gasteiger partial charge in [0, 0.05) is 28.6 Å². The Bertz CT molecular complexity index is 527. The second-order valence-electron chi connectivity index (χ2n) is 3.91. The van der Waals surface area contributed by atoms with Crippen molar-refractivity contribution >= 4 is 27.3 Å². The second-order valence-corrected chi connectivity index (χ2v) is 5.97. The average Bonchev–Trinajstić information content (AvgIpc) is 2.81. The fraction of sp³-hybridized carbons (Fsp3) is 0.308. The molecule has 96 valence electrons. The molecule has 0 fully saturated rings. The molecule has 5 heteroatoms. The van der Waals surface area contributed by atoms with Gasteiger partial charge in [0.05, 0.1) is 5.01 Å². The Morgan fingerprint density at radius 2 is 2.22 bits per heavy atom. The Morgan fingerprint density at radius 1 is 1.39 bits per heavy atom. The van der Waals surface area contributed by atoms with E-state index in [1.54, 1.807) is 23.5 Å². The van der Waals surface area contributed by atoms with E-state index >= 15 is 0 Å². The lowest BCUT2D eigenvalue weighted by Crippen LogP contribution is -2.12. The van der Waals surface area contributed by atoms with E-state index < -0.39 is 0 Å². The SMILES string of the molecule is CCc1ncc(CNCc2cc(F)ccc2Br)s1. The topological polar surface area (TPSA) is 24.9 Å². The van der Waals surface area contributed by atoms with E-state index in [1.165, 1.54) is 10.9 Å². The molecule has 18 heavy (non-hydrogen) atoms. The number of halogens is 2. The molecule has 1 heterocycles. The van der Waals surface area contributed by atoms with Gasteiger partial charge in [0.2, 0.25) is 0 Å². The first-order valence-corrected chi connectivity index (χ1v) is 7.38. The Morgan fingerprint density at radius 3 is 2.94 bits per heavy atom. The summed E-state index contributed by atoms with van der Waals surface area (Å²) in [6, 6.07) is 4.72. The molecular weight excluding hydrogens is 315 g/mol. The summed E-state index contributed by atoms with van der Waals surface area (Å²) in [5.74, 6) is -0.207. The zero-order valence-electron chi connectivity index (χ0n) is 10.0. The number of aromatic nitrogens is 1. The van der Waals surface area contributed by atoms with Crippen LogP contribution in [0.1, 0.15) is 22.4 Å². The van der Waals surface area contributed by atoms with E-state index in [9.17, 15) is 4.39 Å². The number of hydrogen-bond donors (Lipinski definition) is 1. The number of nitrogens with zero attached hydrogens (tertiary/aromatic N) is 1. The highest BCUT2D eigenvalue weighted by Crippen LogP contribution is 2.18. The number of thiazole rings is 1. The first-order chi connectivity index (χ1) is 8.69. The summed E-state index contributed by atoms with van der Waals surface area (Å²) in [4.78, 5) is 5.51. The third-order valence-electron chi connectivity index (χ3n) is 2.53. The van der Waals surface area contributed by atoms with Gasteiger partial charge >= 0.3 is 0 Å². The molecule has 0 unspecified atom stereocenters. The minimum atomic E-state index is -0.207. The molecule has 2 rings (SSSR count). The van der Waals surface area contributed by atoms with E-state index in [4.69, 9.17) is 0 Å². The van der Waals surface area contributed by atoms with Crippen molar-refractivity contribution in [3.63, 3.8) is 0 Å². The molecule has 1 aromatic carbocycles. The Labute approximate surface area is 118 Å². The fourth-order valence-electron chi connectivity index (χ4n) is 1.59. The molecule has 0 bridgehead atoms. The molecule has 0 saturated carbocycles. The molecule has 0 aliphatic rings. The monoisotopic (exact) mass is 328 g/mol. The molecule has 1 aromatic heterocycles. The summed E-state index contributed by atoms with van der Waals surface area (Å²) in [6.45, 7) is 3.50. The van der Waals surface area contributed by atoms with E-state index in [0.717, 1.165) is 28.0 Å². The lowest BCUT2D eigenvalue weighted by atomic mass is 10.2. The standard InChI is InChI=1S/C13H14BrFN2S/c1-2-13-17-8-11(18-13)7-16-6-9-5-10(15)3-4-12(9)14/h3-5,8,16H,2,6-7H2,1H3. The largest absolute Gasteiger partial charge is 0.308 e. The first kappa shape index (κ1) is 13.6. The molecule has 0 aliphatic carbocycles. The lowest BCUT2D eigenvalue weighted by Gasteiger charge is -2.05. The van der Waals surface area contributed by atoms with Crippen LogP contribution in [-0.4, -0.2) is 4.98 Å². The van der Waals surface area contributed by atoms with Crippen LogP contribution in [0.15, 0.2) is 28.9 Å². The van der Waals surface area contributed by atoms with Gasteiger partial charge in [-0.3, -0.25) is 0 Å². The van der Waals surface area contributed by atoms with E-state index in [2.05, 4.69) is 33.2 Å². The van der Waals surface area contributed by atoms with E-state index in [-0.39, 0.29) is 5.82 Å². The third-order valence-corrected chi connectivity index (χ3v) is 4.44. The van der Waals surface area contributed by atoms with E-state index in [0.29, 0.717) is 6.54 Å². The number of benzene rings is 1. The van der Waals surface area contributed by atoms with Crippen LogP contribution in [0.5, 0.6) is 0 Å². The molecule has 0 spiro atoms. The van der Waals surface area contributed by atoms with Gasteiger partial charge in [-0.1, -0.05) is 22.9 Å². The normalized spacial score (nSPS) is 10.8. The average molecular weight is 329 g/mol. The smallest absolute Gasteiger partial charge is 0.123 e. The number of nitrogens with one attached hydrogen (secondary N) is 1. The van der Waals surface area contributed by atoms with Crippen LogP contribution in [0.25, 0.3) is 0 Å². The molecular formula is C13H14BrFN2S. The zero-order chi connectivity index (χ0) is 13.0. The Kier molecular flexibility index (Phi) is 4.86. The highest BCUT2D eigenvalue weighted by molar-refractivity contribution is 9.10. The van der Waals surface area contributed by atoms with Gasteiger partial charge in [0.1, 0.15) is 5.82 Å². The minimum Gasteiger partial charge on any atom is -0.308 e. The maximum absolute atomic E-state index is 13.1. The molecule has 1 N–H and O–H groups in total. The molecule has 0 atom stereocenters. The van der Waals surface area contributed by atoms with Gasteiger partial charge in [-0.25, -0.2) is 9.37 Å². The fourth-order valence-corrected chi connectivity index (χ4v) is 2.81. The van der Waals surface area contributed by atoms with Crippen molar-refractivity contribution in [1.82, 2.24) is 10.3 Å². The summed E-state index contributed by atoms with van der Waals surface area (Å²) in [7, 11) is 0. The van der Waals surface area contributed by atoms with Crippen LogP contribution in [-0.2, 0) is 19.5 Å². The summed E-state index contributed by atoms with van der Waals surface area (Å²) >= 11 is 5.13. The van der Waals surface area contributed by atoms with Crippen LogP contribution in [0.2, 0.25) is 0 Å². The zero-order valence-corrected chi connectivity index (χ0v) is 12.4. The van der Waals surface area contributed by atoms with Crippen LogP contribution in [0.4, 0.5) is 4.39 Å². The highest BCUT2D eigenvalue weighted by atomic mass is 79.9. The Balaban J connectivity index is 1.90. The number of rotatable bonds is 5. The molecule has 2 aromatic rings. The Hall–Kier alpha value is -0.780. The second kappa shape index (κ2) is 6.41. The van der Waals surface area contributed by atoms with Gasteiger partial charge in [0.25, 0.3) is 0 Å². The maximum atomic E-state index is 13.1. The van der Waals surface area contributed by atoms with E-state index in [1.807, 2.05) is 6.20 Å². The summed E-state index contributed by atoms with van der Waals surface area (Å²) in [5.41, 5.74) is 0.926. The molecule has 0 radical (unpaired) electrons. The van der Waals surface area contributed by atoms with Gasteiger partial charge in [-0.05, 0) is 30.2 Å². The van der Waals surface area contributed by atoms with Gasteiger partial charge < -0.3 is 5.32 Å². The molecule has 0 aliphatic heterocycles. The van der Waals surface area contributed by atoms with Crippen LogP contribution >= 0.6 is 27.3 Å². The quantitative estimate of drug-likeness (QED) is 0.900. The summed E-state index contributed by atoms with van der Waals surface area (Å²) < 4.78 is 14.0. The summed E-state index contributed by atoms with van der Waals surface area (Å²) in [5, 5.41) is 4.45. The van der Waals surface area contributed by atoms with Gasteiger partial charge in [-0.2, -0.15) is 0 Å². The van der Waals surface area contributed by atoms with Gasteiger partial charge in [-0.15, -0.1) is 11.3 Å². The van der Waals surface area contributed by atoms with Crippen LogP contribution in [0, 0.1) is 5.82 Å². The van der Waals surface area contributed by atoms with Crippen molar-refractivity contribution in [1.29, 1.82) is 0 Å². The van der Waals surface area contributed by atoms with Crippen LogP contribution < -0.4 is 5.32 Å². The molecule has 2 nitrogen and oxygen atoms in total. The highest BCUT2D eigenvalue weighted by Gasteiger charge is 2.03. The number of hydrogen-bond acceptors (Lipinski definition) is 3. The first-order valence-electron chi connectivity index (χ1n) is 5.77. The van der Waals surface area contributed by atoms with Crippen LogP contribution in [0.3, 0.4) is 0 Å². The van der Waals surface area contributed by atoms with Crippen molar-refractivity contribution in [3.8, 4) is 0 Å². The van der Waals surface area contributed by atoms with Gasteiger partial charge in [0.15, 0.2) is 0 Å². The maximum Gasteiger partial charge on any atom is 0.123 e.